The molecule has 3 aromatic carbocycles. The van der Waals surface area contributed by atoms with Crippen LogP contribution in [0.3, 0.4) is 0 Å². The first kappa shape index (κ1) is 23.8. The molecule has 3 rings (SSSR count). The van der Waals surface area contributed by atoms with Crippen LogP contribution in [0.15, 0.2) is 70.7 Å². The summed E-state index contributed by atoms with van der Waals surface area (Å²) < 4.78 is 13.3. The molecule has 0 heterocycles. The Kier molecular flexibility index (Phi) is 8.31. The minimum Gasteiger partial charge on any atom is -0.493 e. The minimum absolute atomic E-state index is 0.0145. The van der Waals surface area contributed by atoms with Gasteiger partial charge >= 0.3 is 0 Å². The Morgan fingerprint density at radius 1 is 1.19 bits per heavy atom. The molecule has 3 aromatic rings. The number of methoxy groups -OCH3 is 1. The number of nitrogens with zero attached hydrogens (tertiary/aromatic N) is 1. The second-order valence-electron chi connectivity index (χ2n) is 6.88. The molecule has 0 fully saturated rings. The fourth-order valence-electron chi connectivity index (χ4n) is 2.93. The Morgan fingerprint density at radius 2 is 1.91 bits per heavy atom. The number of benzene rings is 3. The van der Waals surface area contributed by atoms with Crippen LogP contribution in [0.1, 0.15) is 16.7 Å². The van der Waals surface area contributed by atoms with Gasteiger partial charge in [0.1, 0.15) is 18.2 Å². The molecule has 0 saturated carbocycles. The molecule has 0 bridgehead atoms. The molecule has 0 aliphatic rings. The Balaban J connectivity index is 1.82. The Bertz CT molecular complexity index is 1200. The van der Waals surface area contributed by atoms with Gasteiger partial charge in [-0.15, -0.1) is 0 Å². The van der Waals surface area contributed by atoms with Crippen LogP contribution >= 0.6 is 38.5 Å². The smallest absolute Gasteiger partial charge is 0.266 e. The van der Waals surface area contributed by atoms with Gasteiger partial charge in [0.15, 0.2) is 11.5 Å². The van der Waals surface area contributed by atoms with Crippen molar-refractivity contribution >= 4 is 56.2 Å². The molecular formula is C25H20BrIN2O3. The van der Waals surface area contributed by atoms with Gasteiger partial charge in [0.25, 0.3) is 5.91 Å². The van der Waals surface area contributed by atoms with Crippen molar-refractivity contribution in [1.82, 2.24) is 0 Å². The lowest BCUT2D eigenvalue weighted by molar-refractivity contribution is -0.112. The van der Waals surface area contributed by atoms with Crippen molar-refractivity contribution in [2.24, 2.45) is 0 Å². The van der Waals surface area contributed by atoms with E-state index in [0.717, 1.165) is 19.2 Å². The second kappa shape index (κ2) is 11.2. The van der Waals surface area contributed by atoms with E-state index in [-0.39, 0.29) is 5.57 Å². The largest absolute Gasteiger partial charge is 0.493 e. The molecule has 7 heteroatoms. The molecule has 1 amide bonds. The van der Waals surface area contributed by atoms with E-state index in [1.807, 2.05) is 55.5 Å². The van der Waals surface area contributed by atoms with Gasteiger partial charge < -0.3 is 14.8 Å². The molecule has 0 spiro atoms. The first-order valence-corrected chi connectivity index (χ1v) is 11.5. The van der Waals surface area contributed by atoms with E-state index in [1.165, 1.54) is 6.08 Å². The third kappa shape index (κ3) is 6.11. The van der Waals surface area contributed by atoms with Crippen molar-refractivity contribution in [1.29, 1.82) is 5.26 Å². The van der Waals surface area contributed by atoms with E-state index in [0.29, 0.717) is 29.4 Å². The maximum atomic E-state index is 12.6. The maximum absolute atomic E-state index is 12.6. The monoisotopic (exact) mass is 602 g/mol. The Morgan fingerprint density at radius 3 is 2.56 bits per heavy atom. The number of hydrogen-bond donors (Lipinski definition) is 1. The van der Waals surface area contributed by atoms with Gasteiger partial charge in [0, 0.05) is 10.2 Å². The van der Waals surface area contributed by atoms with Crippen molar-refractivity contribution in [2.75, 3.05) is 12.4 Å². The number of nitrogens with one attached hydrogen (secondary N) is 1. The lowest BCUT2D eigenvalue weighted by Crippen LogP contribution is -2.13. The van der Waals surface area contributed by atoms with Crippen LogP contribution in [0.5, 0.6) is 11.5 Å². The van der Waals surface area contributed by atoms with E-state index in [2.05, 4.69) is 43.8 Å². The van der Waals surface area contributed by atoms with Crippen molar-refractivity contribution in [2.45, 2.75) is 13.5 Å². The Labute approximate surface area is 209 Å². The average molecular weight is 603 g/mol. The van der Waals surface area contributed by atoms with Crippen LogP contribution in [0.2, 0.25) is 0 Å². The summed E-state index contributed by atoms with van der Waals surface area (Å²) in [5.74, 6) is 0.664. The van der Waals surface area contributed by atoms with Gasteiger partial charge in [0.2, 0.25) is 0 Å². The average Bonchev–Trinajstić information content (AvgIpc) is 2.78. The maximum Gasteiger partial charge on any atom is 0.266 e. The standard InChI is InChI=1S/C25H20BrIN2O3/c1-16-5-3-4-6-18(16)15-32-24-22(27)12-17(13-23(24)31-2)11-19(14-28)25(30)29-21-9-7-20(26)8-10-21/h3-13H,15H2,1-2H3,(H,29,30)/b19-11+. The van der Waals surface area contributed by atoms with Gasteiger partial charge in [-0.3, -0.25) is 4.79 Å². The van der Waals surface area contributed by atoms with E-state index in [9.17, 15) is 10.1 Å². The number of rotatable bonds is 7. The van der Waals surface area contributed by atoms with Gasteiger partial charge in [-0.1, -0.05) is 40.2 Å². The third-order valence-electron chi connectivity index (χ3n) is 4.66. The summed E-state index contributed by atoms with van der Waals surface area (Å²) in [5.41, 5.74) is 3.49. The van der Waals surface area contributed by atoms with E-state index >= 15 is 0 Å². The highest BCUT2D eigenvalue weighted by Crippen LogP contribution is 2.35. The predicted molar refractivity (Wildman–Crippen MR) is 138 cm³/mol. The number of anilines is 1. The van der Waals surface area contributed by atoms with Crippen LogP contribution < -0.4 is 14.8 Å². The van der Waals surface area contributed by atoms with Crippen molar-refractivity contribution in [3.63, 3.8) is 0 Å². The van der Waals surface area contributed by atoms with Crippen LogP contribution in [-0.4, -0.2) is 13.0 Å². The summed E-state index contributed by atoms with van der Waals surface area (Å²) in [6.45, 7) is 2.45. The van der Waals surface area contributed by atoms with E-state index in [1.54, 1.807) is 25.3 Å². The quantitative estimate of drug-likeness (QED) is 0.190. The molecule has 0 saturated heterocycles. The number of amides is 1. The summed E-state index contributed by atoms with van der Waals surface area (Å²) in [5, 5.41) is 12.3. The molecule has 0 aliphatic carbocycles. The highest BCUT2D eigenvalue weighted by molar-refractivity contribution is 14.1. The van der Waals surface area contributed by atoms with Gasteiger partial charge in [0.05, 0.1) is 10.7 Å². The number of carbonyl (C=O) groups excluding carboxylic acids is 1. The topological polar surface area (TPSA) is 71.3 Å². The molecule has 162 valence electrons. The zero-order valence-corrected chi connectivity index (χ0v) is 21.2. The third-order valence-corrected chi connectivity index (χ3v) is 5.99. The molecule has 0 aliphatic heterocycles. The van der Waals surface area contributed by atoms with Crippen molar-refractivity contribution in [3.05, 3.63) is 91.0 Å². The zero-order valence-electron chi connectivity index (χ0n) is 17.5. The molecule has 32 heavy (non-hydrogen) atoms. The molecule has 0 atom stereocenters. The zero-order chi connectivity index (χ0) is 23.1. The van der Waals surface area contributed by atoms with E-state index < -0.39 is 5.91 Å². The number of hydrogen-bond acceptors (Lipinski definition) is 4. The molecule has 5 nitrogen and oxygen atoms in total. The van der Waals surface area contributed by atoms with Crippen LogP contribution in [-0.2, 0) is 11.4 Å². The highest BCUT2D eigenvalue weighted by atomic mass is 127. The lowest BCUT2D eigenvalue weighted by Gasteiger charge is -2.15. The van der Waals surface area contributed by atoms with Crippen molar-refractivity contribution < 1.29 is 14.3 Å². The van der Waals surface area contributed by atoms with Gasteiger partial charge in [-0.2, -0.15) is 5.26 Å². The van der Waals surface area contributed by atoms with E-state index in [4.69, 9.17) is 9.47 Å². The van der Waals surface area contributed by atoms with Crippen LogP contribution in [0.25, 0.3) is 6.08 Å². The number of halogens is 2. The highest BCUT2D eigenvalue weighted by Gasteiger charge is 2.14. The van der Waals surface area contributed by atoms with Crippen molar-refractivity contribution in [3.8, 4) is 17.6 Å². The summed E-state index contributed by atoms with van der Waals surface area (Å²) in [4.78, 5) is 12.6. The molecule has 0 radical (unpaired) electrons. The number of aryl methyl sites for hydroxylation is 1. The number of carbonyl (C=O) groups is 1. The fraction of sp³-hybridized carbons (Fsp3) is 0.120. The first-order valence-electron chi connectivity index (χ1n) is 9.65. The van der Waals surface area contributed by atoms with Gasteiger partial charge in [-0.25, -0.2) is 0 Å². The number of ether oxygens (including phenoxy) is 2. The molecule has 1 N–H and O–H groups in total. The first-order chi connectivity index (χ1) is 15.4. The van der Waals surface area contributed by atoms with Crippen LogP contribution in [0.4, 0.5) is 5.69 Å². The molecule has 0 aromatic heterocycles. The predicted octanol–water partition coefficient (Wildman–Crippen LogP) is 6.50. The molecular weight excluding hydrogens is 583 g/mol. The van der Waals surface area contributed by atoms with Crippen LogP contribution in [0, 0.1) is 21.8 Å². The molecule has 0 unspecified atom stereocenters. The SMILES string of the molecule is COc1cc(/C=C(\C#N)C(=O)Nc2ccc(Br)cc2)cc(I)c1OCc1ccccc1C. The summed E-state index contributed by atoms with van der Waals surface area (Å²) in [6.07, 6.45) is 1.53. The summed E-state index contributed by atoms with van der Waals surface area (Å²) in [6, 6.07) is 20.7. The minimum atomic E-state index is -0.483. The Hall–Kier alpha value is -2.83. The van der Waals surface area contributed by atoms with Gasteiger partial charge in [-0.05, 0) is 88.7 Å². The lowest BCUT2D eigenvalue weighted by atomic mass is 10.1. The normalized spacial score (nSPS) is 10.9. The second-order valence-corrected chi connectivity index (χ2v) is 8.96. The number of nitriles is 1. The summed E-state index contributed by atoms with van der Waals surface area (Å²) in [7, 11) is 1.56. The fourth-order valence-corrected chi connectivity index (χ4v) is 3.98. The summed E-state index contributed by atoms with van der Waals surface area (Å²) >= 11 is 5.52.